The van der Waals surface area contributed by atoms with Crippen LogP contribution in [0.2, 0.25) is 0 Å². The van der Waals surface area contributed by atoms with Gasteiger partial charge in [-0.25, -0.2) is 14.8 Å². The first-order valence-corrected chi connectivity index (χ1v) is 12.1. The molecule has 2 amide bonds. The lowest BCUT2D eigenvalue weighted by Crippen LogP contribution is -2.40. The molecule has 0 radical (unpaired) electrons. The van der Waals surface area contributed by atoms with E-state index >= 15 is 0 Å². The van der Waals surface area contributed by atoms with E-state index in [9.17, 15) is 14.7 Å². The van der Waals surface area contributed by atoms with E-state index in [-0.39, 0.29) is 11.9 Å². The van der Waals surface area contributed by atoms with Crippen molar-refractivity contribution in [1.29, 1.82) is 0 Å². The minimum absolute atomic E-state index is 0.116. The van der Waals surface area contributed by atoms with Gasteiger partial charge in [-0.15, -0.1) is 0 Å². The quantitative estimate of drug-likeness (QED) is 0.306. The molecule has 1 saturated heterocycles. The minimum Gasteiger partial charge on any atom is -0.465 e. The van der Waals surface area contributed by atoms with Gasteiger partial charge >= 0.3 is 6.09 Å². The topological polar surface area (TPSA) is 139 Å². The first-order chi connectivity index (χ1) is 16.9. The Morgan fingerprint density at radius 2 is 1.94 bits per heavy atom. The van der Waals surface area contributed by atoms with Crippen molar-refractivity contribution in [3.8, 4) is 11.3 Å². The van der Waals surface area contributed by atoms with Gasteiger partial charge in [-0.2, -0.15) is 5.10 Å². The number of piperidine rings is 1. The molecule has 4 heterocycles. The molecule has 0 bridgehead atoms. The van der Waals surface area contributed by atoms with Crippen molar-refractivity contribution in [3.63, 3.8) is 0 Å². The maximum Gasteiger partial charge on any atom is 0.407 e. The molecule has 1 fully saturated rings. The SMILES string of the molecule is Nc1ncc(I)c2c1c(-c1ccc(C(=O)Nc3ccccn3)cc1)nn2C1CCCN(C(=O)O)C1. The van der Waals surface area contributed by atoms with Gasteiger partial charge in [-0.3, -0.25) is 9.48 Å². The van der Waals surface area contributed by atoms with E-state index in [0.717, 1.165) is 32.9 Å². The van der Waals surface area contributed by atoms with Crippen molar-refractivity contribution >= 4 is 57.1 Å². The van der Waals surface area contributed by atoms with E-state index in [4.69, 9.17) is 10.8 Å². The van der Waals surface area contributed by atoms with Crippen LogP contribution in [0.5, 0.6) is 0 Å². The monoisotopic (exact) mass is 583 g/mol. The summed E-state index contributed by atoms with van der Waals surface area (Å²) in [6.07, 6.45) is 3.95. The number of anilines is 2. The van der Waals surface area contributed by atoms with Crippen LogP contribution in [0.25, 0.3) is 22.2 Å². The number of hydrogen-bond donors (Lipinski definition) is 3. The summed E-state index contributed by atoms with van der Waals surface area (Å²) in [6.45, 7) is 0.872. The number of likely N-dealkylation sites (tertiary alicyclic amines) is 1. The van der Waals surface area contributed by atoms with Crippen LogP contribution in [-0.2, 0) is 0 Å². The number of aromatic nitrogens is 4. The lowest BCUT2D eigenvalue weighted by molar-refractivity contribution is 0.102. The molecule has 0 saturated carbocycles. The number of nitrogens with zero attached hydrogens (tertiary/aromatic N) is 5. The molecule has 1 aromatic carbocycles. The molecular weight excluding hydrogens is 561 g/mol. The number of amides is 2. The van der Waals surface area contributed by atoms with Crippen LogP contribution in [0.1, 0.15) is 29.2 Å². The second-order valence-corrected chi connectivity index (χ2v) is 9.44. The molecule has 35 heavy (non-hydrogen) atoms. The van der Waals surface area contributed by atoms with Crippen LogP contribution in [0.4, 0.5) is 16.4 Å². The summed E-state index contributed by atoms with van der Waals surface area (Å²) in [7, 11) is 0. The van der Waals surface area contributed by atoms with Crippen molar-refractivity contribution < 1.29 is 14.7 Å². The number of carboxylic acid groups (broad SMARTS) is 1. The minimum atomic E-state index is -0.929. The number of nitrogen functional groups attached to an aromatic ring is 1. The molecule has 178 valence electrons. The molecule has 11 heteroatoms. The Balaban J connectivity index is 1.51. The number of fused-ring (bicyclic) bond motifs is 1. The molecule has 3 aromatic heterocycles. The maximum absolute atomic E-state index is 12.6. The number of halogens is 1. The first kappa shape index (κ1) is 23.0. The Kier molecular flexibility index (Phi) is 6.24. The fourth-order valence-corrected chi connectivity index (χ4v) is 5.01. The van der Waals surface area contributed by atoms with Crippen molar-refractivity contribution in [3.05, 3.63) is 64.0 Å². The first-order valence-electron chi connectivity index (χ1n) is 11.0. The number of nitrogens with two attached hydrogens (primary N) is 1. The van der Waals surface area contributed by atoms with Crippen molar-refractivity contribution in [2.75, 3.05) is 24.1 Å². The van der Waals surface area contributed by atoms with Gasteiger partial charge in [0.25, 0.3) is 5.91 Å². The molecule has 10 nitrogen and oxygen atoms in total. The molecule has 4 N–H and O–H groups in total. The van der Waals surface area contributed by atoms with Crippen LogP contribution >= 0.6 is 22.6 Å². The number of rotatable bonds is 4. The smallest absolute Gasteiger partial charge is 0.407 e. The molecule has 5 rings (SSSR count). The zero-order valence-corrected chi connectivity index (χ0v) is 20.7. The summed E-state index contributed by atoms with van der Waals surface area (Å²) < 4.78 is 2.77. The third-order valence-electron chi connectivity index (χ3n) is 6.05. The van der Waals surface area contributed by atoms with Crippen molar-refractivity contribution in [2.45, 2.75) is 18.9 Å². The Bertz CT molecular complexity index is 1410. The zero-order valence-electron chi connectivity index (χ0n) is 18.6. The van der Waals surface area contributed by atoms with Crippen molar-refractivity contribution in [1.82, 2.24) is 24.6 Å². The lowest BCUT2D eigenvalue weighted by Gasteiger charge is -2.31. The Morgan fingerprint density at radius 1 is 1.14 bits per heavy atom. The zero-order chi connectivity index (χ0) is 24.5. The molecule has 4 aromatic rings. The van der Waals surface area contributed by atoms with Gasteiger partial charge in [-0.05, 0) is 59.7 Å². The fourth-order valence-electron chi connectivity index (χ4n) is 4.36. The predicted molar refractivity (Wildman–Crippen MR) is 140 cm³/mol. The molecule has 0 aliphatic carbocycles. The average molecular weight is 583 g/mol. The summed E-state index contributed by atoms with van der Waals surface area (Å²) >= 11 is 2.20. The van der Waals surface area contributed by atoms with Gasteiger partial charge in [0.2, 0.25) is 0 Å². The second kappa shape index (κ2) is 9.49. The maximum atomic E-state index is 12.6. The third kappa shape index (κ3) is 4.50. The van der Waals surface area contributed by atoms with Gasteiger partial charge in [0.15, 0.2) is 0 Å². The van der Waals surface area contributed by atoms with Crippen LogP contribution in [0.3, 0.4) is 0 Å². The van der Waals surface area contributed by atoms with E-state index in [1.807, 2.05) is 16.8 Å². The number of hydrogen-bond acceptors (Lipinski definition) is 6. The fraction of sp³-hybridized carbons (Fsp3) is 0.208. The van der Waals surface area contributed by atoms with E-state index in [1.165, 1.54) is 4.90 Å². The van der Waals surface area contributed by atoms with Gasteiger partial charge in [-0.1, -0.05) is 18.2 Å². The van der Waals surface area contributed by atoms with Crippen LogP contribution in [0, 0.1) is 3.57 Å². The number of pyridine rings is 2. The highest BCUT2D eigenvalue weighted by molar-refractivity contribution is 14.1. The second-order valence-electron chi connectivity index (χ2n) is 8.28. The third-order valence-corrected chi connectivity index (χ3v) is 6.84. The van der Waals surface area contributed by atoms with Gasteiger partial charge in [0.1, 0.15) is 17.3 Å². The van der Waals surface area contributed by atoms with E-state index in [2.05, 4.69) is 37.9 Å². The van der Waals surface area contributed by atoms with E-state index in [0.29, 0.717) is 36.0 Å². The molecule has 1 aliphatic heterocycles. The highest BCUT2D eigenvalue weighted by Crippen LogP contribution is 2.37. The highest BCUT2D eigenvalue weighted by atomic mass is 127. The number of benzene rings is 1. The Morgan fingerprint density at radius 3 is 2.66 bits per heavy atom. The van der Waals surface area contributed by atoms with Crippen LogP contribution in [-0.4, -0.2) is 54.8 Å². The van der Waals surface area contributed by atoms with Crippen LogP contribution in [0.15, 0.2) is 54.9 Å². The van der Waals surface area contributed by atoms with E-state index in [1.54, 1.807) is 42.7 Å². The van der Waals surface area contributed by atoms with Gasteiger partial charge in [0.05, 0.1) is 20.5 Å². The standard InChI is InChI=1S/C24H22IN7O3/c25-17-12-28-22(26)19-20(30-32(21(17)19)16-4-3-11-31(13-16)24(34)35)14-6-8-15(9-7-14)23(33)29-18-5-1-2-10-27-18/h1-2,5-10,12,16H,3-4,11,13H2,(H2,26,28)(H,34,35)(H,27,29,33). The van der Waals surface area contributed by atoms with Crippen LogP contribution < -0.4 is 11.1 Å². The molecule has 1 unspecified atom stereocenters. The largest absolute Gasteiger partial charge is 0.465 e. The Hall–Kier alpha value is -3.74. The van der Waals surface area contributed by atoms with E-state index < -0.39 is 6.09 Å². The summed E-state index contributed by atoms with van der Waals surface area (Å²) in [5.41, 5.74) is 9.05. The predicted octanol–water partition coefficient (Wildman–Crippen LogP) is 4.25. The Labute approximate surface area is 214 Å². The number of carbonyl (C=O) groups is 2. The summed E-state index contributed by atoms with van der Waals surface area (Å²) in [4.78, 5) is 34.1. The highest BCUT2D eigenvalue weighted by Gasteiger charge is 2.29. The molecule has 0 spiro atoms. The lowest BCUT2D eigenvalue weighted by atomic mass is 10.1. The number of carbonyl (C=O) groups excluding carboxylic acids is 1. The average Bonchev–Trinajstić information content (AvgIpc) is 3.29. The van der Waals surface area contributed by atoms with Gasteiger partial charge < -0.3 is 21.1 Å². The molecule has 1 aliphatic rings. The molecular formula is C24H22IN7O3. The normalized spacial score (nSPS) is 15.8. The summed E-state index contributed by atoms with van der Waals surface area (Å²) in [6, 6.07) is 12.3. The number of nitrogens with one attached hydrogen (secondary N) is 1. The summed E-state index contributed by atoms with van der Waals surface area (Å²) in [5.74, 6) is 0.560. The van der Waals surface area contributed by atoms with Gasteiger partial charge in [0, 0.05) is 36.6 Å². The van der Waals surface area contributed by atoms with Crippen molar-refractivity contribution in [2.24, 2.45) is 0 Å². The summed E-state index contributed by atoms with van der Waals surface area (Å²) in [5, 5.41) is 17.9. The molecule has 1 atom stereocenters.